The molecule has 0 saturated heterocycles. The maximum atomic E-state index is 14.2. The molecule has 0 spiro atoms. The van der Waals surface area contributed by atoms with Crippen molar-refractivity contribution in [2.45, 2.75) is 32.4 Å². The SMILES string of the molecule is CC(C)CC(C(=O)O)c1cc(-c2ccccc2)cc(Oc2ccc(F)cc2)c1C(F)(F)F. The van der Waals surface area contributed by atoms with Gasteiger partial charge < -0.3 is 9.84 Å². The molecule has 0 bridgehead atoms. The maximum Gasteiger partial charge on any atom is 0.420 e. The van der Waals surface area contributed by atoms with Crippen molar-refractivity contribution in [2.75, 3.05) is 0 Å². The fourth-order valence-corrected chi connectivity index (χ4v) is 3.55. The summed E-state index contributed by atoms with van der Waals surface area (Å²) in [5.74, 6) is -3.97. The number of rotatable bonds is 7. The number of hydrogen-bond donors (Lipinski definition) is 1. The molecule has 0 heterocycles. The van der Waals surface area contributed by atoms with Crippen molar-refractivity contribution in [3.63, 3.8) is 0 Å². The summed E-state index contributed by atoms with van der Waals surface area (Å²) in [5, 5.41) is 9.79. The van der Waals surface area contributed by atoms with Crippen LogP contribution in [-0.2, 0) is 11.0 Å². The average Bonchev–Trinajstić information content (AvgIpc) is 2.72. The van der Waals surface area contributed by atoms with E-state index >= 15 is 0 Å². The van der Waals surface area contributed by atoms with Crippen molar-refractivity contribution >= 4 is 5.97 Å². The topological polar surface area (TPSA) is 46.5 Å². The number of aliphatic carboxylic acids is 1. The highest BCUT2D eigenvalue weighted by molar-refractivity contribution is 5.79. The van der Waals surface area contributed by atoms with Crippen LogP contribution in [0.15, 0.2) is 66.7 Å². The Morgan fingerprint density at radius 2 is 1.59 bits per heavy atom. The van der Waals surface area contributed by atoms with Crippen LogP contribution in [0.3, 0.4) is 0 Å². The van der Waals surface area contributed by atoms with E-state index in [0.717, 1.165) is 12.1 Å². The van der Waals surface area contributed by atoms with Crippen LogP contribution < -0.4 is 4.74 Å². The Morgan fingerprint density at radius 1 is 0.969 bits per heavy atom. The van der Waals surface area contributed by atoms with E-state index in [1.165, 1.54) is 24.3 Å². The number of carboxylic acids is 1. The molecule has 168 valence electrons. The van der Waals surface area contributed by atoms with Gasteiger partial charge in [0.2, 0.25) is 0 Å². The Labute approximate surface area is 183 Å². The molecule has 0 aliphatic carbocycles. The number of ether oxygens (including phenoxy) is 1. The standard InChI is InChI=1S/C25H22F4O3/c1-15(2)12-21(24(30)31)20-13-17(16-6-4-3-5-7-16)14-22(23(20)25(27,28)29)32-19-10-8-18(26)9-11-19/h3-11,13-15,21H,12H2,1-2H3,(H,30,31). The third kappa shape index (κ3) is 5.46. The van der Waals surface area contributed by atoms with Crippen molar-refractivity contribution in [2.24, 2.45) is 5.92 Å². The van der Waals surface area contributed by atoms with Crippen molar-refractivity contribution in [1.29, 1.82) is 0 Å². The van der Waals surface area contributed by atoms with Crippen LogP contribution in [0.2, 0.25) is 0 Å². The summed E-state index contributed by atoms with van der Waals surface area (Å²) in [6.07, 6.45) is -4.85. The fourth-order valence-electron chi connectivity index (χ4n) is 3.55. The summed E-state index contributed by atoms with van der Waals surface area (Å²) in [6, 6.07) is 15.7. The molecule has 3 aromatic carbocycles. The van der Waals surface area contributed by atoms with Crippen LogP contribution >= 0.6 is 0 Å². The molecule has 1 N–H and O–H groups in total. The second-order valence-corrected chi connectivity index (χ2v) is 7.88. The van der Waals surface area contributed by atoms with Crippen LogP contribution in [0.1, 0.15) is 37.3 Å². The largest absolute Gasteiger partial charge is 0.481 e. The van der Waals surface area contributed by atoms with E-state index in [1.807, 2.05) is 0 Å². The molecule has 0 amide bonds. The minimum Gasteiger partial charge on any atom is -0.481 e. The Balaban J connectivity index is 2.29. The molecule has 32 heavy (non-hydrogen) atoms. The molecule has 1 atom stereocenters. The molecular formula is C25H22F4O3. The summed E-state index contributed by atoms with van der Waals surface area (Å²) in [6.45, 7) is 3.50. The van der Waals surface area contributed by atoms with Gasteiger partial charge in [0.25, 0.3) is 0 Å². The highest BCUT2D eigenvalue weighted by Crippen LogP contribution is 2.46. The molecule has 3 rings (SSSR count). The van der Waals surface area contributed by atoms with E-state index in [4.69, 9.17) is 4.74 Å². The zero-order chi connectivity index (χ0) is 23.5. The van der Waals surface area contributed by atoms with Gasteiger partial charge in [0, 0.05) is 0 Å². The van der Waals surface area contributed by atoms with Crippen LogP contribution in [-0.4, -0.2) is 11.1 Å². The van der Waals surface area contributed by atoms with E-state index in [-0.39, 0.29) is 23.7 Å². The lowest BCUT2D eigenvalue weighted by atomic mass is 9.85. The predicted octanol–water partition coefficient (Wildman–Crippen LogP) is 7.52. The molecule has 7 heteroatoms. The van der Waals surface area contributed by atoms with Gasteiger partial charge >= 0.3 is 12.1 Å². The van der Waals surface area contributed by atoms with Crippen molar-refractivity contribution in [3.8, 4) is 22.6 Å². The molecule has 0 radical (unpaired) electrons. The Hall–Kier alpha value is -3.35. The molecule has 0 saturated carbocycles. The lowest BCUT2D eigenvalue weighted by Crippen LogP contribution is -2.20. The van der Waals surface area contributed by atoms with E-state index in [0.29, 0.717) is 11.1 Å². The quantitative estimate of drug-likeness (QED) is 0.382. The van der Waals surface area contributed by atoms with E-state index in [2.05, 4.69) is 0 Å². The van der Waals surface area contributed by atoms with Crippen LogP contribution in [0.5, 0.6) is 11.5 Å². The van der Waals surface area contributed by atoms with Gasteiger partial charge in [-0.2, -0.15) is 13.2 Å². The van der Waals surface area contributed by atoms with Crippen molar-refractivity contribution in [3.05, 3.63) is 83.7 Å². The number of carboxylic acid groups (broad SMARTS) is 1. The van der Waals surface area contributed by atoms with Gasteiger partial charge in [-0.1, -0.05) is 44.2 Å². The van der Waals surface area contributed by atoms with Crippen LogP contribution in [0.4, 0.5) is 17.6 Å². The first kappa shape index (κ1) is 23.3. The predicted molar refractivity (Wildman–Crippen MR) is 113 cm³/mol. The molecule has 0 aromatic heterocycles. The molecule has 0 fully saturated rings. The second-order valence-electron chi connectivity index (χ2n) is 7.88. The van der Waals surface area contributed by atoms with E-state index < -0.39 is 35.2 Å². The summed E-state index contributed by atoms with van der Waals surface area (Å²) < 4.78 is 61.5. The first-order chi connectivity index (χ1) is 15.1. The van der Waals surface area contributed by atoms with Gasteiger partial charge in [0.05, 0.1) is 5.92 Å². The van der Waals surface area contributed by atoms with E-state index in [1.54, 1.807) is 44.2 Å². The van der Waals surface area contributed by atoms with Crippen molar-refractivity contribution < 1.29 is 32.2 Å². The smallest absolute Gasteiger partial charge is 0.420 e. The molecule has 3 nitrogen and oxygen atoms in total. The zero-order valence-electron chi connectivity index (χ0n) is 17.5. The second kappa shape index (κ2) is 9.42. The van der Waals surface area contributed by atoms with Gasteiger partial charge in [0.1, 0.15) is 22.9 Å². The number of hydrogen-bond acceptors (Lipinski definition) is 2. The van der Waals surface area contributed by atoms with Gasteiger partial charge in [-0.05, 0) is 65.4 Å². The summed E-state index contributed by atoms with van der Waals surface area (Å²) in [4.78, 5) is 12.0. The van der Waals surface area contributed by atoms with E-state index in [9.17, 15) is 27.5 Å². The first-order valence-electron chi connectivity index (χ1n) is 10.0. The Bertz CT molecular complexity index is 1070. The summed E-state index contributed by atoms with van der Waals surface area (Å²) >= 11 is 0. The zero-order valence-corrected chi connectivity index (χ0v) is 17.5. The molecular weight excluding hydrogens is 424 g/mol. The third-order valence-electron chi connectivity index (χ3n) is 4.95. The Morgan fingerprint density at radius 3 is 2.12 bits per heavy atom. The van der Waals surface area contributed by atoms with Crippen LogP contribution in [0.25, 0.3) is 11.1 Å². The third-order valence-corrected chi connectivity index (χ3v) is 4.95. The number of benzene rings is 3. The minimum atomic E-state index is -4.87. The van der Waals surface area contributed by atoms with Gasteiger partial charge in [-0.3, -0.25) is 4.79 Å². The van der Waals surface area contributed by atoms with Gasteiger partial charge in [-0.25, -0.2) is 4.39 Å². The lowest BCUT2D eigenvalue weighted by Gasteiger charge is -2.24. The maximum absolute atomic E-state index is 14.2. The first-order valence-corrected chi connectivity index (χ1v) is 10.0. The van der Waals surface area contributed by atoms with Gasteiger partial charge in [0.15, 0.2) is 0 Å². The molecule has 0 aliphatic rings. The highest BCUT2D eigenvalue weighted by atomic mass is 19.4. The van der Waals surface area contributed by atoms with Gasteiger partial charge in [-0.15, -0.1) is 0 Å². The fraction of sp³-hybridized carbons (Fsp3) is 0.240. The Kier molecular flexibility index (Phi) is 6.87. The normalized spacial score (nSPS) is 12.6. The lowest BCUT2D eigenvalue weighted by molar-refractivity contribution is -0.142. The monoisotopic (exact) mass is 446 g/mol. The minimum absolute atomic E-state index is 0.00352. The van der Waals surface area contributed by atoms with Crippen LogP contribution in [0, 0.1) is 11.7 Å². The number of halogens is 4. The highest BCUT2D eigenvalue weighted by Gasteiger charge is 2.41. The molecule has 0 aliphatic heterocycles. The average molecular weight is 446 g/mol. The molecule has 1 unspecified atom stereocenters. The summed E-state index contributed by atoms with van der Waals surface area (Å²) in [5.41, 5.74) is -0.507. The number of carbonyl (C=O) groups is 1. The molecule has 3 aromatic rings. The number of alkyl halides is 3. The van der Waals surface area contributed by atoms with Crippen molar-refractivity contribution in [1.82, 2.24) is 0 Å². The summed E-state index contributed by atoms with van der Waals surface area (Å²) in [7, 11) is 0.